The molecule has 0 heterocycles. The first-order chi connectivity index (χ1) is 4.66. The van der Waals surface area contributed by atoms with Crippen molar-refractivity contribution in [2.24, 2.45) is 11.8 Å². The minimum absolute atomic E-state index is 0.314. The molecule has 4 heteroatoms. The summed E-state index contributed by atoms with van der Waals surface area (Å²) in [5.74, 6) is -1.77. The number of hydrogen-bond donors (Lipinski definition) is 1. The van der Waals surface area contributed by atoms with Gasteiger partial charge < -0.3 is 5.11 Å². The standard InChI is InChI=1S/C6H8NO3/c7-6(10)4-1-3(4)5(9)2-8/h3-4,7-8H,1-2H2. The maximum Gasteiger partial charge on any atom is 0.242 e. The zero-order valence-corrected chi connectivity index (χ0v) is 5.33. The molecule has 0 aromatic rings. The van der Waals surface area contributed by atoms with Gasteiger partial charge in [-0.25, -0.2) is 0 Å². The van der Waals surface area contributed by atoms with Gasteiger partial charge >= 0.3 is 0 Å². The van der Waals surface area contributed by atoms with Crippen molar-refractivity contribution in [1.29, 1.82) is 0 Å². The Bertz CT molecular complexity index is 178. The molecule has 0 spiro atoms. The van der Waals surface area contributed by atoms with Crippen LogP contribution < -0.4 is 5.73 Å². The van der Waals surface area contributed by atoms with E-state index in [9.17, 15) is 9.59 Å². The average molecular weight is 142 g/mol. The lowest BCUT2D eigenvalue weighted by Gasteiger charge is -1.89. The Balaban J connectivity index is 2.38. The summed E-state index contributed by atoms with van der Waals surface area (Å²) in [5.41, 5.74) is 6.62. The smallest absolute Gasteiger partial charge is 0.242 e. The number of rotatable bonds is 3. The van der Waals surface area contributed by atoms with Gasteiger partial charge in [-0.15, -0.1) is 0 Å². The molecule has 1 amide bonds. The number of aliphatic hydroxyl groups excluding tert-OH is 1. The molecule has 1 rings (SSSR count). The number of carbonyl (C=O) groups excluding carboxylic acids is 2. The van der Waals surface area contributed by atoms with Crippen molar-refractivity contribution < 1.29 is 14.7 Å². The molecule has 1 fully saturated rings. The molecular weight excluding hydrogens is 134 g/mol. The molecule has 0 aromatic carbocycles. The van der Waals surface area contributed by atoms with Crippen molar-refractivity contribution in [3.8, 4) is 0 Å². The van der Waals surface area contributed by atoms with Gasteiger partial charge in [0.25, 0.3) is 0 Å². The molecule has 10 heavy (non-hydrogen) atoms. The van der Waals surface area contributed by atoms with Gasteiger partial charge in [-0.2, -0.15) is 0 Å². The summed E-state index contributed by atoms with van der Waals surface area (Å²) < 4.78 is 0. The summed E-state index contributed by atoms with van der Waals surface area (Å²) in [5, 5.41) is 8.32. The van der Waals surface area contributed by atoms with E-state index in [1.54, 1.807) is 0 Å². The zero-order valence-electron chi connectivity index (χ0n) is 5.33. The van der Waals surface area contributed by atoms with E-state index in [-0.39, 0.29) is 11.7 Å². The third-order valence-electron chi connectivity index (χ3n) is 1.70. The van der Waals surface area contributed by atoms with Gasteiger partial charge in [0, 0.05) is 5.92 Å². The lowest BCUT2D eigenvalue weighted by molar-refractivity contribution is -0.126. The average Bonchev–Trinajstić information content (AvgIpc) is 2.64. The van der Waals surface area contributed by atoms with E-state index in [0.29, 0.717) is 6.42 Å². The molecular formula is C6H8NO3. The molecule has 2 atom stereocenters. The first-order valence-corrected chi connectivity index (χ1v) is 3.06. The minimum Gasteiger partial charge on any atom is -0.389 e. The van der Waals surface area contributed by atoms with E-state index in [1.807, 2.05) is 0 Å². The molecule has 0 aromatic heterocycles. The second-order valence-corrected chi connectivity index (χ2v) is 2.44. The monoisotopic (exact) mass is 142 g/mol. The lowest BCUT2D eigenvalue weighted by atomic mass is 10.2. The van der Waals surface area contributed by atoms with E-state index >= 15 is 0 Å². The zero-order chi connectivity index (χ0) is 7.72. The van der Waals surface area contributed by atoms with Gasteiger partial charge in [0.2, 0.25) is 5.91 Å². The highest BCUT2D eigenvalue weighted by molar-refractivity contribution is 5.92. The molecule has 0 saturated heterocycles. The van der Waals surface area contributed by atoms with E-state index in [2.05, 4.69) is 0 Å². The Hall–Kier alpha value is -0.900. The molecule has 0 bridgehead atoms. The molecule has 1 aliphatic rings. The Kier molecular flexibility index (Phi) is 1.72. The van der Waals surface area contributed by atoms with Gasteiger partial charge in [-0.3, -0.25) is 15.3 Å². The van der Waals surface area contributed by atoms with Crippen LogP contribution in [0.5, 0.6) is 0 Å². The fourth-order valence-corrected chi connectivity index (χ4v) is 0.958. The predicted molar refractivity (Wildman–Crippen MR) is 31.8 cm³/mol. The second-order valence-electron chi connectivity index (χ2n) is 2.44. The van der Waals surface area contributed by atoms with E-state index < -0.39 is 18.4 Å². The highest BCUT2D eigenvalue weighted by atomic mass is 16.3. The molecule has 55 valence electrons. The summed E-state index contributed by atoms with van der Waals surface area (Å²) in [7, 11) is 0. The second kappa shape index (κ2) is 2.38. The number of amides is 1. The summed E-state index contributed by atoms with van der Waals surface area (Å²) >= 11 is 0. The number of Topliss-reactive ketones (excluding diaryl/α,β-unsaturated/α-hetero) is 1. The van der Waals surface area contributed by atoms with Crippen LogP contribution in [0.2, 0.25) is 0 Å². The SMILES string of the molecule is [NH]C(=O)C1CC1C(=O)CO. The fraction of sp³-hybridized carbons (Fsp3) is 0.667. The van der Waals surface area contributed by atoms with Crippen LogP contribution in [0.3, 0.4) is 0 Å². The Morgan fingerprint density at radius 2 is 2.10 bits per heavy atom. The maximum atomic E-state index is 10.6. The predicted octanol–water partition coefficient (Wildman–Crippen LogP) is -1.01. The number of nitrogens with one attached hydrogen (secondary N) is 1. The normalized spacial score (nSPS) is 29.7. The minimum atomic E-state index is -0.688. The molecule has 1 aliphatic carbocycles. The first kappa shape index (κ1) is 7.21. The van der Waals surface area contributed by atoms with Crippen molar-refractivity contribution in [1.82, 2.24) is 5.73 Å². The third-order valence-corrected chi connectivity index (χ3v) is 1.70. The van der Waals surface area contributed by atoms with Crippen molar-refractivity contribution in [3.05, 3.63) is 0 Å². The van der Waals surface area contributed by atoms with Crippen LogP contribution in [0.1, 0.15) is 6.42 Å². The highest BCUT2D eigenvalue weighted by Gasteiger charge is 2.46. The Labute approximate surface area is 58.0 Å². The van der Waals surface area contributed by atoms with Gasteiger partial charge in [-0.1, -0.05) is 0 Å². The fourth-order valence-electron chi connectivity index (χ4n) is 0.958. The van der Waals surface area contributed by atoms with Crippen molar-refractivity contribution in [3.63, 3.8) is 0 Å². The van der Waals surface area contributed by atoms with Crippen LogP contribution in [0.15, 0.2) is 0 Å². The number of carbonyl (C=O) groups is 2. The third kappa shape index (κ3) is 1.16. The van der Waals surface area contributed by atoms with Gasteiger partial charge in [0.15, 0.2) is 5.78 Å². The summed E-state index contributed by atoms with van der Waals surface area (Å²) in [6, 6.07) is 0. The summed E-state index contributed by atoms with van der Waals surface area (Å²) in [6.45, 7) is -0.506. The summed E-state index contributed by atoms with van der Waals surface area (Å²) in [6.07, 6.45) is 0.460. The topological polar surface area (TPSA) is 78.2 Å². The molecule has 1 radical (unpaired) electrons. The summed E-state index contributed by atoms with van der Waals surface area (Å²) in [4.78, 5) is 20.9. The van der Waals surface area contributed by atoms with Gasteiger partial charge in [-0.05, 0) is 6.42 Å². The van der Waals surface area contributed by atoms with Crippen molar-refractivity contribution in [2.45, 2.75) is 6.42 Å². The van der Waals surface area contributed by atoms with Crippen LogP contribution in [0, 0.1) is 11.8 Å². The molecule has 2 N–H and O–H groups in total. The lowest BCUT2D eigenvalue weighted by Crippen LogP contribution is -2.11. The largest absolute Gasteiger partial charge is 0.389 e. The number of aliphatic hydroxyl groups is 1. The quantitative estimate of drug-likeness (QED) is 0.548. The molecule has 2 unspecified atom stereocenters. The van der Waals surface area contributed by atoms with Crippen LogP contribution in [0.25, 0.3) is 0 Å². The van der Waals surface area contributed by atoms with Crippen molar-refractivity contribution in [2.75, 3.05) is 6.61 Å². The first-order valence-electron chi connectivity index (χ1n) is 3.06. The van der Waals surface area contributed by atoms with Gasteiger partial charge in [0.05, 0.1) is 5.92 Å². The van der Waals surface area contributed by atoms with Crippen LogP contribution >= 0.6 is 0 Å². The Morgan fingerprint density at radius 1 is 1.50 bits per heavy atom. The molecule has 1 saturated carbocycles. The molecule has 0 aliphatic heterocycles. The van der Waals surface area contributed by atoms with Crippen LogP contribution in [0.4, 0.5) is 0 Å². The number of hydrogen-bond acceptors (Lipinski definition) is 3. The molecule has 4 nitrogen and oxygen atoms in total. The van der Waals surface area contributed by atoms with E-state index in [1.165, 1.54) is 0 Å². The van der Waals surface area contributed by atoms with Crippen molar-refractivity contribution >= 4 is 11.7 Å². The number of ketones is 1. The highest BCUT2D eigenvalue weighted by Crippen LogP contribution is 2.38. The maximum absolute atomic E-state index is 10.6. The van der Waals surface area contributed by atoms with Gasteiger partial charge in [0.1, 0.15) is 6.61 Å². The van der Waals surface area contributed by atoms with E-state index in [4.69, 9.17) is 10.8 Å². The van der Waals surface area contributed by atoms with E-state index in [0.717, 1.165) is 0 Å². The Morgan fingerprint density at radius 3 is 2.40 bits per heavy atom. The van der Waals surface area contributed by atoms with Crippen LogP contribution in [-0.4, -0.2) is 23.4 Å². The van der Waals surface area contributed by atoms with Crippen LogP contribution in [-0.2, 0) is 9.59 Å².